The van der Waals surface area contributed by atoms with Gasteiger partial charge in [0.05, 0.1) is 24.4 Å². The number of imidazole rings is 1. The number of hydrogen-bond acceptors (Lipinski definition) is 5. The van der Waals surface area contributed by atoms with E-state index in [9.17, 15) is 23.1 Å². The topological polar surface area (TPSA) is 98.5 Å². The molecule has 0 saturated carbocycles. The summed E-state index contributed by atoms with van der Waals surface area (Å²) in [4.78, 5) is 19.4. The van der Waals surface area contributed by atoms with E-state index in [0.717, 1.165) is 0 Å². The number of alkyl halides is 3. The number of aliphatic hydroxyl groups excluding tert-OH is 1. The molecule has 1 amide bonds. The molecule has 8 nitrogen and oxygen atoms in total. The second-order valence-electron chi connectivity index (χ2n) is 9.10. The Labute approximate surface area is 204 Å². The molecule has 1 aliphatic rings. The van der Waals surface area contributed by atoms with Crippen LogP contribution in [0.4, 0.5) is 13.2 Å². The number of piperidine rings is 1. The highest BCUT2D eigenvalue weighted by Crippen LogP contribution is 2.35. The van der Waals surface area contributed by atoms with Crippen LogP contribution in [0, 0.1) is 0 Å². The molecule has 0 spiro atoms. The molecular formula is C25H26F3N5O3. The number of carbonyl (C=O) groups excluding carboxylic acids is 1. The van der Waals surface area contributed by atoms with Crippen molar-refractivity contribution in [3.05, 3.63) is 48.0 Å². The lowest BCUT2D eigenvalue weighted by atomic mass is 10.0. The predicted molar refractivity (Wildman–Crippen MR) is 129 cm³/mol. The fourth-order valence-corrected chi connectivity index (χ4v) is 4.90. The van der Waals surface area contributed by atoms with Crippen molar-refractivity contribution in [3.63, 3.8) is 0 Å². The largest absolute Gasteiger partial charge is 0.494 e. The van der Waals surface area contributed by atoms with Crippen molar-refractivity contribution in [3.8, 4) is 17.3 Å². The number of ether oxygens (including phenoxy) is 1. The van der Waals surface area contributed by atoms with E-state index in [2.05, 4.69) is 4.98 Å². The van der Waals surface area contributed by atoms with Crippen LogP contribution in [0.1, 0.15) is 16.8 Å². The Morgan fingerprint density at radius 2 is 2.00 bits per heavy atom. The monoisotopic (exact) mass is 501 g/mol. The molecule has 1 aliphatic heterocycles. The van der Waals surface area contributed by atoms with E-state index in [-0.39, 0.29) is 12.5 Å². The van der Waals surface area contributed by atoms with Gasteiger partial charge in [-0.3, -0.25) is 4.79 Å². The van der Waals surface area contributed by atoms with Crippen LogP contribution >= 0.6 is 0 Å². The van der Waals surface area contributed by atoms with Gasteiger partial charge in [0.2, 0.25) is 0 Å². The average Bonchev–Trinajstić information content (AvgIpc) is 3.36. The SMILES string of the molecule is COc1cc(C(=O)N2CCC(O)C(N)C2)cc2nc(-c3cc4ccccc4n3CC(F)(F)F)n(C)c12. The normalized spacial score (nSPS) is 18.8. The Morgan fingerprint density at radius 3 is 2.69 bits per heavy atom. The maximum atomic E-state index is 13.5. The van der Waals surface area contributed by atoms with Crippen molar-refractivity contribution in [1.29, 1.82) is 0 Å². The predicted octanol–water partition coefficient (Wildman–Crippen LogP) is 3.30. The molecule has 36 heavy (non-hydrogen) atoms. The zero-order chi connectivity index (χ0) is 25.8. The number of amides is 1. The van der Waals surface area contributed by atoms with E-state index >= 15 is 0 Å². The highest BCUT2D eigenvalue weighted by atomic mass is 19.4. The van der Waals surface area contributed by atoms with Crippen LogP contribution in [-0.4, -0.2) is 68.6 Å². The molecule has 4 aromatic rings. The Hall–Kier alpha value is -3.57. The molecule has 5 rings (SSSR count). The highest BCUT2D eigenvalue weighted by Gasteiger charge is 2.32. The van der Waals surface area contributed by atoms with Gasteiger partial charge in [0.1, 0.15) is 17.8 Å². The molecule has 190 valence electrons. The first-order valence-corrected chi connectivity index (χ1v) is 11.5. The molecule has 2 atom stereocenters. The number of aliphatic hydroxyl groups is 1. The van der Waals surface area contributed by atoms with Crippen molar-refractivity contribution >= 4 is 27.8 Å². The number of para-hydroxylation sites is 1. The molecule has 1 fully saturated rings. The number of nitrogens with zero attached hydrogens (tertiary/aromatic N) is 4. The van der Waals surface area contributed by atoms with Gasteiger partial charge in [-0.15, -0.1) is 0 Å². The summed E-state index contributed by atoms with van der Waals surface area (Å²) in [6, 6.07) is 11.2. The number of benzene rings is 2. The van der Waals surface area contributed by atoms with Crippen LogP contribution < -0.4 is 10.5 Å². The Kier molecular flexibility index (Phi) is 5.92. The van der Waals surface area contributed by atoms with E-state index in [1.54, 1.807) is 59.0 Å². The fraction of sp³-hybridized carbons (Fsp3) is 0.360. The number of nitrogens with two attached hydrogens (primary N) is 1. The average molecular weight is 502 g/mol. The number of aromatic nitrogens is 3. The zero-order valence-electron chi connectivity index (χ0n) is 19.8. The second-order valence-corrected chi connectivity index (χ2v) is 9.10. The van der Waals surface area contributed by atoms with Crippen molar-refractivity contribution in [1.82, 2.24) is 19.0 Å². The van der Waals surface area contributed by atoms with Gasteiger partial charge < -0.3 is 29.6 Å². The summed E-state index contributed by atoms with van der Waals surface area (Å²) in [7, 11) is 3.17. The van der Waals surface area contributed by atoms with Gasteiger partial charge in [0, 0.05) is 42.6 Å². The lowest BCUT2D eigenvalue weighted by Crippen LogP contribution is -2.53. The van der Waals surface area contributed by atoms with Gasteiger partial charge in [0.25, 0.3) is 5.91 Å². The Morgan fingerprint density at radius 1 is 1.25 bits per heavy atom. The number of methoxy groups -OCH3 is 1. The summed E-state index contributed by atoms with van der Waals surface area (Å²) in [6.45, 7) is -0.592. The summed E-state index contributed by atoms with van der Waals surface area (Å²) < 4.78 is 48.9. The molecule has 3 heterocycles. The zero-order valence-corrected chi connectivity index (χ0v) is 19.8. The van der Waals surface area contributed by atoms with Gasteiger partial charge in [-0.05, 0) is 30.7 Å². The summed E-state index contributed by atoms with van der Waals surface area (Å²) in [5.74, 6) is 0.407. The second kappa shape index (κ2) is 8.82. The maximum absolute atomic E-state index is 13.5. The Bertz CT molecular complexity index is 1460. The van der Waals surface area contributed by atoms with Gasteiger partial charge in [-0.25, -0.2) is 4.98 Å². The number of likely N-dealkylation sites (tertiary alicyclic amines) is 1. The third kappa shape index (κ3) is 4.18. The van der Waals surface area contributed by atoms with Crippen molar-refractivity contribution in [2.24, 2.45) is 12.8 Å². The first kappa shape index (κ1) is 24.1. The lowest BCUT2D eigenvalue weighted by molar-refractivity contribution is -0.139. The van der Waals surface area contributed by atoms with Gasteiger partial charge >= 0.3 is 6.18 Å². The molecule has 2 aromatic heterocycles. The van der Waals surface area contributed by atoms with E-state index in [1.807, 2.05) is 0 Å². The van der Waals surface area contributed by atoms with Crippen LogP contribution in [0.3, 0.4) is 0 Å². The molecule has 1 saturated heterocycles. The molecule has 0 aliphatic carbocycles. The van der Waals surface area contributed by atoms with E-state index in [1.165, 1.54) is 11.7 Å². The Balaban J connectivity index is 1.63. The van der Waals surface area contributed by atoms with Crippen LogP contribution in [0.25, 0.3) is 33.5 Å². The third-order valence-electron chi connectivity index (χ3n) is 6.69. The van der Waals surface area contributed by atoms with Gasteiger partial charge in [0.15, 0.2) is 5.82 Å². The summed E-state index contributed by atoms with van der Waals surface area (Å²) in [6.07, 6.45) is -4.71. The van der Waals surface area contributed by atoms with Crippen molar-refractivity contribution < 1.29 is 27.8 Å². The van der Waals surface area contributed by atoms with E-state index < -0.39 is 24.9 Å². The van der Waals surface area contributed by atoms with Crippen LogP contribution in [0.15, 0.2) is 42.5 Å². The van der Waals surface area contributed by atoms with Crippen molar-refractivity contribution in [2.45, 2.75) is 31.3 Å². The molecule has 11 heteroatoms. The smallest absolute Gasteiger partial charge is 0.406 e. The minimum atomic E-state index is -4.43. The number of fused-ring (bicyclic) bond motifs is 2. The molecule has 0 bridgehead atoms. The molecule has 2 aromatic carbocycles. The van der Waals surface area contributed by atoms with E-state index in [0.29, 0.717) is 57.7 Å². The number of rotatable bonds is 4. The minimum absolute atomic E-state index is 0.214. The van der Waals surface area contributed by atoms with Crippen LogP contribution in [0.2, 0.25) is 0 Å². The summed E-state index contributed by atoms with van der Waals surface area (Å²) >= 11 is 0. The van der Waals surface area contributed by atoms with Gasteiger partial charge in [-0.1, -0.05) is 18.2 Å². The van der Waals surface area contributed by atoms with Gasteiger partial charge in [-0.2, -0.15) is 13.2 Å². The first-order chi connectivity index (χ1) is 17.1. The molecule has 2 unspecified atom stereocenters. The first-order valence-electron chi connectivity index (χ1n) is 11.5. The minimum Gasteiger partial charge on any atom is -0.494 e. The number of hydrogen-bond donors (Lipinski definition) is 2. The number of carbonyl (C=O) groups is 1. The van der Waals surface area contributed by atoms with Crippen molar-refractivity contribution in [2.75, 3.05) is 20.2 Å². The fourth-order valence-electron chi connectivity index (χ4n) is 4.90. The molecular weight excluding hydrogens is 475 g/mol. The van der Waals surface area contributed by atoms with E-state index in [4.69, 9.17) is 10.5 Å². The maximum Gasteiger partial charge on any atom is 0.406 e. The number of halogens is 3. The molecule has 3 N–H and O–H groups in total. The standard InChI is InChI=1S/C25H26F3N5O3/c1-31-22-17(9-15(11-21(22)36-2)24(35)32-8-7-20(34)16(29)12-32)30-23(31)19-10-14-5-3-4-6-18(14)33(19)13-25(26,27)28/h3-6,9-11,16,20,34H,7-8,12-13,29H2,1-2H3. The lowest BCUT2D eigenvalue weighted by Gasteiger charge is -2.34. The number of aryl methyl sites for hydroxylation is 1. The van der Waals surface area contributed by atoms with Crippen LogP contribution in [-0.2, 0) is 13.6 Å². The summed E-state index contributed by atoms with van der Waals surface area (Å²) in [5, 5.41) is 10.6. The highest BCUT2D eigenvalue weighted by molar-refractivity contribution is 6.00. The quantitative estimate of drug-likeness (QED) is 0.447. The van der Waals surface area contributed by atoms with Crippen LogP contribution in [0.5, 0.6) is 5.75 Å². The molecule has 0 radical (unpaired) electrons. The summed E-state index contributed by atoms with van der Waals surface area (Å²) in [5.41, 5.74) is 7.99. The third-order valence-corrected chi connectivity index (χ3v) is 6.69.